The molecule has 1 fully saturated rings. The molecule has 0 aromatic carbocycles. The monoisotopic (exact) mass is 359 g/mol. The molecule has 5 nitrogen and oxygen atoms in total. The summed E-state index contributed by atoms with van der Waals surface area (Å²) < 4.78 is 6.36. The van der Waals surface area contributed by atoms with Gasteiger partial charge in [-0.1, -0.05) is 0 Å². The standard InChI is InChI=1S/C19H25N3O2S/c1-22(2)13-4-6-14(7-5-13)24-18-17-16-12(9-10-23)3-8-15(16)25-19(17)21-11-20-18/h10-14H,3-9H2,1-2H3/t12-,13?,14?/m1/s1. The average molecular weight is 359 g/mol. The normalized spacial score (nSPS) is 26.1. The van der Waals surface area contributed by atoms with Gasteiger partial charge in [0.15, 0.2) is 0 Å². The molecule has 25 heavy (non-hydrogen) atoms. The van der Waals surface area contributed by atoms with Crippen molar-refractivity contribution in [1.82, 2.24) is 14.9 Å². The number of hydrogen-bond donors (Lipinski definition) is 0. The Hall–Kier alpha value is -1.53. The zero-order chi connectivity index (χ0) is 17.4. The summed E-state index contributed by atoms with van der Waals surface area (Å²) >= 11 is 1.74. The smallest absolute Gasteiger partial charge is 0.225 e. The van der Waals surface area contributed by atoms with E-state index in [0.29, 0.717) is 18.4 Å². The Labute approximate surface area is 152 Å². The Morgan fingerprint density at radius 1 is 1.24 bits per heavy atom. The molecular weight excluding hydrogens is 334 g/mol. The highest BCUT2D eigenvalue weighted by Crippen LogP contribution is 2.47. The second-order valence-electron chi connectivity index (χ2n) is 7.45. The lowest BCUT2D eigenvalue weighted by Gasteiger charge is -2.32. The van der Waals surface area contributed by atoms with Crippen molar-refractivity contribution in [2.24, 2.45) is 0 Å². The van der Waals surface area contributed by atoms with E-state index in [1.54, 1.807) is 17.7 Å². The van der Waals surface area contributed by atoms with E-state index in [1.807, 2.05) is 0 Å². The van der Waals surface area contributed by atoms with E-state index in [4.69, 9.17) is 4.74 Å². The van der Waals surface area contributed by atoms with Crippen molar-refractivity contribution in [2.45, 2.75) is 63.0 Å². The second-order valence-corrected chi connectivity index (χ2v) is 8.53. The summed E-state index contributed by atoms with van der Waals surface area (Å²) in [6, 6.07) is 0.660. The number of nitrogens with zero attached hydrogens (tertiary/aromatic N) is 3. The highest BCUT2D eigenvalue weighted by atomic mass is 32.1. The maximum atomic E-state index is 11.1. The predicted molar refractivity (Wildman–Crippen MR) is 99.5 cm³/mol. The summed E-state index contributed by atoms with van der Waals surface area (Å²) in [6.45, 7) is 0. The van der Waals surface area contributed by atoms with Crippen LogP contribution in [-0.2, 0) is 11.2 Å². The number of carbonyl (C=O) groups excluding carboxylic acids is 1. The number of ether oxygens (including phenoxy) is 1. The lowest BCUT2D eigenvalue weighted by atomic mass is 9.92. The van der Waals surface area contributed by atoms with Crippen molar-refractivity contribution in [3.8, 4) is 5.88 Å². The maximum absolute atomic E-state index is 11.1. The molecular formula is C19H25N3O2S. The molecule has 0 bridgehead atoms. The van der Waals surface area contributed by atoms with Crippen LogP contribution in [0.5, 0.6) is 5.88 Å². The van der Waals surface area contributed by atoms with E-state index in [1.165, 1.54) is 23.3 Å². The Balaban J connectivity index is 1.59. The molecule has 4 rings (SSSR count). The number of aryl methyl sites for hydroxylation is 1. The van der Waals surface area contributed by atoms with Crippen molar-refractivity contribution in [3.63, 3.8) is 0 Å². The summed E-state index contributed by atoms with van der Waals surface area (Å²) in [5.74, 6) is 1.03. The predicted octanol–water partition coefficient (Wildman–Crippen LogP) is 3.56. The van der Waals surface area contributed by atoms with Crippen LogP contribution < -0.4 is 4.74 Å². The average Bonchev–Trinajstić information content (AvgIpc) is 3.16. The minimum absolute atomic E-state index is 0.232. The van der Waals surface area contributed by atoms with Gasteiger partial charge in [0.1, 0.15) is 23.5 Å². The van der Waals surface area contributed by atoms with Crippen molar-refractivity contribution in [2.75, 3.05) is 14.1 Å². The van der Waals surface area contributed by atoms with E-state index < -0.39 is 0 Å². The Morgan fingerprint density at radius 2 is 2.04 bits per heavy atom. The number of fused-ring (bicyclic) bond motifs is 3. The van der Waals surface area contributed by atoms with Crippen molar-refractivity contribution >= 4 is 27.8 Å². The van der Waals surface area contributed by atoms with Gasteiger partial charge in [-0.05, 0) is 64.1 Å². The van der Waals surface area contributed by atoms with Gasteiger partial charge in [-0.25, -0.2) is 9.97 Å². The summed E-state index contributed by atoms with van der Waals surface area (Å²) in [7, 11) is 4.31. The molecule has 0 unspecified atom stereocenters. The number of carbonyl (C=O) groups is 1. The summed E-state index contributed by atoms with van der Waals surface area (Å²) in [5, 5.41) is 1.07. The highest BCUT2D eigenvalue weighted by Gasteiger charge is 2.31. The van der Waals surface area contributed by atoms with Gasteiger partial charge in [0.25, 0.3) is 0 Å². The van der Waals surface area contributed by atoms with Gasteiger partial charge in [-0.3, -0.25) is 0 Å². The largest absolute Gasteiger partial charge is 0.474 e. The fourth-order valence-corrected chi connectivity index (χ4v) is 5.55. The first-order valence-corrected chi connectivity index (χ1v) is 10.0. The van der Waals surface area contributed by atoms with Gasteiger partial charge in [-0.2, -0.15) is 0 Å². The number of aromatic nitrogens is 2. The van der Waals surface area contributed by atoms with Crippen molar-refractivity contribution in [1.29, 1.82) is 0 Å². The molecule has 1 saturated carbocycles. The summed E-state index contributed by atoms with van der Waals surface area (Å²) in [6.07, 6.45) is 10.0. The molecule has 2 aromatic rings. The van der Waals surface area contributed by atoms with Crippen LogP contribution >= 0.6 is 11.3 Å². The Bertz CT molecular complexity index is 765. The van der Waals surface area contributed by atoms with Crippen LogP contribution in [0.25, 0.3) is 10.2 Å². The molecule has 2 aliphatic rings. The molecule has 0 amide bonds. The van der Waals surface area contributed by atoms with Gasteiger partial charge in [0, 0.05) is 17.3 Å². The molecule has 0 saturated heterocycles. The third-order valence-corrected chi connectivity index (χ3v) is 6.90. The topological polar surface area (TPSA) is 55.3 Å². The zero-order valence-corrected chi connectivity index (χ0v) is 15.7. The van der Waals surface area contributed by atoms with Crippen LogP contribution in [0.1, 0.15) is 54.9 Å². The van der Waals surface area contributed by atoms with E-state index in [9.17, 15) is 4.79 Å². The van der Waals surface area contributed by atoms with E-state index in [2.05, 4.69) is 29.0 Å². The third kappa shape index (κ3) is 3.17. The van der Waals surface area contributed by atoms with Gasteiger partial charge >= 0.3 is 0 Å². The van der Waals surface area contributed by atoms with Gasteiger partial charge in [-0.15, -0.1) is 11.3 Å². The van der Waals surface area contributed by atoms with Crippen LogP contribution in [0.2, 0.25) is 0 Å². The first kappa shape index (κ1) is 16.9. The van der Waals surface area contributed by atoms with Crippen LogP contribution in [0.3, 0.4) is 0 Å². The maximum Gasteiger partial charge on any atom is 0.225 e. The van der Waals surface area contributed by atoms with E-state index in [-0.39, 0.29) is 6.10 Å². The lowest BCUT2D eigenvalue weighted by molar-refractivity contribution is -0.108. The molecule has 134 valence electrons. The summed E-state index contributed by atoms with van der Waals surface area (Å²) in [5.41, 5.74) is 1.28. The number of hydrogen-bond acceptors (Lipinski definition) is 6. The molecule has 0 spiro atoms. The molecule has 0 N–H and O–H groups in total. The minimum Gasteiger partial charge on any atom is -0.474 e. The van der Waals surface area contributed by atoms with Gasteiger partial charge in [0.05, 0.1) is 5.39 Å². The molecule has 0 radical (unpaired) electrons. The zero-order valence-electron chi connectivity index (χ0n) is 14.9. The Morgan fingerprint density at radius 3 is 2.76 bits per heavy atom. The highest BCUT2D eigenvalue weighted by molar-refractivity contribution is 7.19. The number of rotatable bonds is 5. The number of aldehydes is 1. The van der Waals surface area contributed by atoms with E-state index in [0.717, 1.165) is 48.1 Å². The molecule has 6 heteroatoms. The Kier molecular flexibility index (Phi) is 4.73. The van der Waals surface area contributed by atoms with Crippen LogP contribution in [-0.4, -0.2) is 47.4 Å². The van der Waals surface area contributed by atoms with E-state index >= 15 is 0 Å². The summed E-state index contributed by atoms with van der Waals surface area (Å²) in [4.78, 5) is 24.7. The first-order chi connectivity index (χ1) is 12.2. The molecule has 1 atom stereocenters. The van der Waals surface area contributed by atoms with Crippen molar-refractivity contribution in [3.05, 3.63) is 16.8 Å². The van der Waals surface area contributed by atoms with Crippen LogP contribution in [0.15, 0.2) is 6.33 Å². The fraction of sp³-hybridized carbons (Fsp3) is 0.632. The molecule has 2 heterocycles. The molecule has 2 aliphatic carbocycles. The molecule has 0 aliphatic heterocycles. The minimum atomic E-state index is 0.232. The molecule has 2 aromatic heterocycles. The lowest BCUT2D eigenvalue weighted by Crippen LogP contribution is -2.35. The van der Waals surface area contributed by atoms with Crippen LogP contribution in [0, 0.1) is 0 Å². The second kappa shape index (κ2) is 7.00. The number of thiophene rings is 1. The quantitative estimate of drug-likeness (QED) is 0.764. The van der Waals surface area contributed by atoms with Crippen LogP contribution in [0.4, 0.5) is 0 Å². The third-order valence-electron chi connectivity index (χ3n) is 5.73. The van der Waals surface area contributed by atoms with Crippen molar-refractivity contribution < 1.29 is 9.53 Å². The first-order valence-electron chi connectivity index (χ1n) is 9.20. The van der Waals surface area contributed by atoms with Gasteiger partial charge in [0.2, 0.25) is 5.88 Å². The van der Waals surface area contributed by atoms with Gasteiger partial charge < -0.3 is 14.4 Å². The SMILES string of the molecule is CN(C)C1CCC(Oc2ncnc3sc4c(c23)[C@@H](CC=O)CC4)CC1. The fourth-order valence-electron chi connectivity index (χ4n) is 4.32.